The number of ether oxygens (including phenoxy) is 1. The zero-order valence-electron chi connectivity index (χ0n) is 7.41. The van der Waals surface area contributed by atoms with Crippen LogP contribution in [0.3, 0.4) is 0 Å². The number of hydrogen-bond donors (Lipinski definition) is 1. The van der Waals surface area contributed by atoms with Gasteiger partial charge < -0.3 is 10.5 Å². The highest BCUT2D eigenvalue weighted by Crippen LogP contribution is 2.24. The van der Waals surface area contributed by atoms with Crippen molar-refractivity contribution in [3.63, 3.8) is 0 Å². The number of carbonyl (C=O) groups is 2. The second kappa shape index (κ2) is 3.87. The number of carbonyl (C=O) groups excluding carboxylic acids is 2. The summed E-state index contributed by atoms with van der Waals surface area (Å²) in [6.45, 7) is 0. The molecule has 14 heavy (non-hydrogen) atoms. The number of nitrogens with two attached hydrogens (primary N) is 1. The summed E-state index contributed by atoms with van der Waals surface area (Å²) in [6.07, 6.45) is 0.336. The molecule has 1 aromatic rings. The lowest BCUT2D eigenvalue weighted by molar-refractivity contribution is 0.0995. The highest BCUT2D eigenvalue weighted by Gasteiger charge is 2.16. The van der Waals surface area contributed by atoms with Gasteiger partial charge in [0.1, 0.15) is 0 Å². The fourth-order valence-electron chi connectivity index (χ4n) is 1.06. The van der Waals surface area contributed by atoms with E-state index in [9.17, 15) is 14.0 Å². The number of aldehydes is 1. The predicted molar refractivity (Wildman–Crippen MR) is 46.9 cm³/mol. The molecule has 0 aliphatic carbocycles. The summed E-state index contributed by atoms with van der Waals surface area (Å²) >= 11 is 0. The Balaban J connectivity index is 3.43. The average Bonchev–Trinajstić information content (AvgIpc) is 2.17. The van der Waals surface area contributed by atoms with Crippen LogP contribution in [0.25, 0.3) is 0 Å². The molecule has 0 heterocycles. The minimum Gasteiger partial charge on any atom is -0.493 e. The fourth-order valence-corrected chi connectivity index (χ4v) is 1.06. The first kappa shape index (κ1) is 10.2. The Morgan fingerprint density at radius 3 is 2.64 bits per heavy atom. The van der Waals surface area contributed by atoms with Crippen molar-refractivity contribution in [3.8, 4) is 5.75 Å². The minimum atomic E-state index is -0.876. The van der Waals surface area contributed by atoms with Gasteiger partial charge >= 0.3 is 0 Å². The number of primary amides is 1. The van der Waals surface area contributed by atoms with Crippen LogP contribution in [0.15, 0.2) is 12.1 Å². The molecular formula is C9H8FNO3. The van der Waals surface area contributed by atoms with Crippen LogP contribution in [-0.4, -0.2) is 19.3 Å². The molecule has 74 valence electrons. The molecule has 1 amide bonds. The van der Waals surface area contributed by atoms with Crippen molar-refractivity contribution in [1.82, 2.24) is 0 Å². The van der Waals surface area contributed by atoms with Gasteiger partial charge in [-0.15, -0.1) is 0 Å². The van der Waals surface area contributed by atoms with Gasteiger partial charge in [-0.05, 0) is 12.1 Å². The van der Waals surface area contributed by atoms with Gasteiger partial charge in [-0.3, -0.25) is 9.59 Å². The normalized spacial score (nSPS) is 9.57. The van der Waals surface area contributed by atoms with Gasteiger partial charge in [-0.2, -0.15) is 0 Å². The number of methoxy groups -OCH3 is 1. The highest BCUT2D eigenvalue weighted by molar-refractivity contribution is 5.96. The second-order valence-corrected chi connectivity index (χ2v) is 2.53. The van der Waals surface area contributed by atoms with Crippen molar-refractivity contribution in [2.45, 2.75) is 0 Å². The Kier molecular flexibility index (Phi) is 2.81. The standard InChI is InChI=1S/C9H8FNO3/c1-14-8-6(9(11)13)3-2-5(4-12)7(8)10/h2-4H,1H3,(H2,11,13). The summed E-state index contributed by atoms with van der Waals surface area (Å²) in [5, 5.41) is 0. The largest absolute Gasteiger partial charge is 0.493 e. The summed E-state index contributed by atoms with van der Waals surface area (Å²) in [5.41, 5.74) is 4.72. The van der Waals surface area contributed by atoms with Crippen molar-refractivity contribution in [1.29, 1.82) is 0 Å². The molecule has 0 atom stereocenters. The molecular weight excluding hydrogens is 189 g/mol. The summed E-state index contributed by atoms with van der Waals surface area (Å²) in [6, 6.07) is 2.42. The van der Waals surface area contributed by atoms with Crippen molar-refractivity contribution in [2.24, 2.45) is 5.73 Å². The molecule has 5 heteroatoms. The van der Waals surface area contributed by atoms with Crippen LogP contribution in [0.1, 0.15) is 20.7 Å². The SMILES string of the molecule is COc1c(C(N)=O)ccc(C=O)c1F. The third-order valence-corrected chi connectivity index (χ3v) is 1.72. The van der Waals surface area contributed by atoms with Gasteiger partial charge in [0.2, 0.25) is 0 Å². The quantitative estimate of drug-likeness (QED) is 0.726. The Morgan fingerprint density at radius 2 is 2.21 bits per heavy atom. The van der Waals surface area contributed by atoms with E-state index < -0.39 is 11.7 Å². The van der Waals surface area contributed by atoms with E-state index in [0.717, 1.165) is 0 Å². The molecule has 0 spiro atoms. The molecule has 4 nitrogen and oxygen atoms in total. The number of halogens is 1. The number of amides is 1. The van der Waals surface area contributed by atoms with Crippen LogP contribution in [-0.2, 0) is 0 Å². The van der Waals surface area contributed by atoms with Gasteiger partial charge in [0.15, 0.2) is 17.9 Å². The van der Waals surface area contributed by atoms with E-state index in [1.165, 1.54) is 19.2 Å². The molecule has 0 aliphatic rings. The maximum Gasteiger partial charge on any atom is 0.252 e. The minimum absolute atomic E-state index is 0.0874. The Morgan fingerprint density at radius 1 is 1.57 bits per heavy atom. The first-order chi connectivity index (χ1) is 6.61. The molecule has 0 saturated carbocycles. The molecule has 1 rings (SSSR count). The average molecular weight is 197 g/mol. The lowest BCUT2D eigenvalue weighted by Gasteiger charge is -2.07. The Labute approximate surface area is 79.5 Å². The van der Waals surface area contributed by atoms with E-state index in [1.54, 1.807) is 0 Å². The summed E-state index contributed by atoms with van der Waals surface area (Å²) in [4.78, 5) is 21.2. The molecule has 0 unspecified atom stereocenters. The van der Waals surface area contributed by atoms with Crippen LogP contribution in [0.5, 0.6) is 5.75 Å². The molecule has 1 aromatic carbocycles. The predicted octanol–water partition coefficient (Wildman–Crippen LogP) is 0.746. The number of rotatable bonds is 3. The third kappa shape index (κ3) is 1.56. The van der Waals surface area contributed by atoms with Crippen molar-refractivity contribution in [2.75, 3.05) is 7.11 Å². The van der Waals surface area contributed by atoms with E-state index in [1.807, 2.05) is 0 Å². The van der Waals surface area contributed by atoms with Crippen molar-refractivity contribution >= 4 is 12.2 Å². The maximum absolute atomic E-state index is 13.3. The second-order valence-electron chi connectivity index (χ2n) is 2.53. The molecule has 0 aromatic heterocycles. The smallest absolute Gasteiger partial charge is 0.252 e. The van der Waals surface area contributed by atoms with Crippen molar-refractivity contribution < 1.29 is 18.7 Å². The first-order valence-corrected chi connectivity index (χ1v) is 3.73. The fraction of sp³-hybridized carbons (Fsp3) is 0.111. The molecule has 2 N–H and O–H groups in total. The number of benzene rings is 1. The van der Waals surface area contributed by atoms with E-state index >= 15 is 0 Å². The van der Waals surface area contributed by atoms with Crippen molar-refractivity contribution in [3.05, 3.63) is 29.1 Å². The van der Waals surface area contributed by atoms with E-state index in [4.69, 9.17) is 5.73 Å². The summed E-state index contributed by atoms with van der Waals surface area (Å²) in [5.74, 6) is -1.99. The highest BCUT2D eigenvalue weighted by atomic mass is 19.1. The van der Waals surface area contributed by atoms with Crippen LogP contribution in [0.4, 0.5) is 4.39 Å². The lowest BCUT2D eigenvalue weighted by Crippen LogP contribution is -2.13. The van der Waals surface area contributed by atoms with E-state index in [0.29, 0.717) is 6.29 Å². The van der Waals surface area contributed by atoms with Gasteiger partial charge in [0.05, 0.1) is 18.2 Å². The Bertz CT molecular complexity index is 390. The zero-order valence-corrected chi connectivity index (χ0v) is 7.41. The first-order valence-electron chi connectivity index (χ1n) is 3.73. The molecule has 0 saturated heterocycles. The number of hydrogen-bond acceptors (Lipinski definition) is 3. The van der Waals surface area contributed by atoms with Gasteiger partial charge in [-0.1, -0.05) is 0 Å². The van der Waals surface area contributed by atoms with Crippen LogP contribution in [0, 0.1) is 5.82 Å². The van der Waals surface area contributed by atoms with Gasteiger partial charge in [-0.25, -0.2) is 4.39 Å². The Hall–Kier alpha value is -1.91. The topological polar surface area (TPSA) is 69.4 Å². The van der Waals surface area contributed by atoms with E-state index in [-0.39, 0.29) is 16.9 Å². The monoisotopic (exact) mass is 197 g/mol. The zero-order chi connectivity index (χ0) is 10.7. The molecule has 0 bridgehead atoms. The summed E-state index contributed by atoms with van der Waals surface area (Å²) < 4.78 is 18.0. The third-order valence-electron chi connectivity index (χ3n) is 1.72. The van der Waals surface area contributed by atoms with Gasteiger partial charge in [0.25, 0.3) is 5.91 Å². The van der Waals surface area contributed by atoms with Crippen LogP contribution >= 0.6 is 0 Å². The van der Waals surface area contributed by atoms with Crippen LogP contribution < -0.4 is 10.5 Å². The van der Waals surface area contributed by atoms with Crippen LogP contribution in [0.2, 0.25) is 0 Å². The summed E-state index contributed by atoms with van der Waals surface area (Å²) in [7, 11) is 1.19. The molecule has 0 aliphatic heterocycles. The van der Waals surface area contributed by atoms with Gasteiger partial charge in [0, 0.05) is 0 Å². The maximum atomic E-state index is 13.3. The lowest BCUT2D eigenvalue weighted by atomic mass is 10.1. The molecule has 0 fully saturated rings. The van der Waals surface area contributed by atoms with E-state index in [2.05, 4.69) is 4.74 Å². The molecule has 0 radical (unpaired) electrons.